The highest BCUT2D eigenvalue weighted by molar-refractivity contribution is 5.16. The first-order valence-corrected chi connectivity index (χ1v) is 10.8. The van der Waals surface area contributed by atoms with Crippen LogP contribution in [-0.2, 0) is 28.4 Å². The molecule has 3 aliphatic heterocycles. The largest absolute Gasteiger partial charge is 0.353 e. The van der Waals surface area contributed by atoms with Crippen molar-refractivity contribution in [2.24, 2.45) is 17.8 Å². The van der Waals surface area contributed by atoms with Crippen molar-refractivity contribution >= 4 is 0 Å². The number of fused-ring (bicyclic) bond motifs is 1. The molecule has 6 nitrogen and oxygen atoms in total. The Kier molecular flexibility index (Phi) is 6.59. The summed E-state index contributed by atoms with van der Waals surface area (Å²) in [7, 11) is 1.65. The zero-order valence-electron chi connectivity index (χ0n) is 18.0. The van der Waals surface area contributed by atoms with Gasteiger partial charge in [0.15, 0.2) is 18.9 Å². The predicted molar refractivity (Wildman–Crippen MR) is 107 cm³/mol. The fourth-order valence-electron chi connectivity index (χ4n) is 4.64. The van der Waals surface area contributed by atoms with Gasteiger partial charge in [0, 0.05) is 25.0 Å². The van der Waals surface area contributed by atoms with Crippen LogP contribution in [0.5, 0.6) is 0 Å². The second-order valence-electron chi connectivity index (χ2n) is 8.76. The molecular formula is C23H34O6. The zero-order chi connectivity index (χ0) is 20.5. The molecule has 0 bridgehead atoms. The van der Waals surface area contributed by atoms with Crippen molar-refractivity contribution in [3.63, 3.8) is 0 Å². The van der Waals surface area contributed by atoms with E-state index in [1.807, 2.05) is 30.3 Å². The summed E-state index contributed by atoms with van der Waals surface area (Å²) in [5, 5.41) is 0. The third-order valence-electron chi connectivity index (χ3n) is 6.85. The van der Waals surface area contributed by atoms with Crippen LogP contribution in [0.15, 0.2) is 30.3 Å². The van der Waals surface area contributed by atoms with Crippen molar-refractivity contribution < 1.29 is 28.4 Å². The molecular weight excluding hydrogens is 372 g/mol. The quantitative estimate of drug-likeness (QED) is 0.756. The van der Waals surface area contributed by atoms with Crippen LogP contribution in [0, 0.1) is 17.8 Å². The van der Waals surface area contributed by atoms with E-state index in [4.69, 9.17) is 28.4 Å². The lowest BCUT2D eigenvalue weighted by Gasteiger charge is -2.49. The monoisotopic (exact) mass is 406 g/mol. The average molecular weight is 407 g/mol. The fraction of sp³-hybridized carbons (Fsp3) is 0.739. The molecule has 3 heterocycles. The van der Waals surface area contributed by atoms with Crippen LogP contribution >= 0.6 is 0 Å². The fourth-order valence-corrected chi connectivity index (χ4v) is 4.64. The average Bonchev–Trinajstić information content (AvgIpc) is 2.74. The summed E-state index contributed by atoms with van der Waals surface area (Å²) in [5.41, 5.74) is 1.01. The summed E-state index contributed by atoms with van der Waals surface area (Å²) in [6, 6.07) is 10.0. The smallest absolute Gasteiger partial charge is 0.184 e. The van der Waals surface area contributed by atoms with Gasteiger partial charge in [-0.05, 0) is 18.8 Å². The number of rotatable bonds is 4. The predicted octanol–water partition coefficient (Wildman–Crippen LogP) is 3.90. The first-order valence-electron chi connectivity index (χ1n) is 10.8. The minimum Gasteiger partial charge on any atom is -0.353 e. The van der Waals surface area contributed by atoms with E-state index in [1.54, 1.807) is 7.11 Å². The lowest BCUT2D eigenvalue weighted by molar-refractivity contribution is -0.370. The molecule has 5 unspecified atom stereocenters. The molecule has 0 amide bonds. The molecule has 0 aliphatic carbocycles. The summed E-state index contributed by atoms with van der Waals surface area (Å²) < 4.78 is 36.7. The Balaban J connectivity index is 1.46. The van der Waals surface area contributed by atoms with E-state index in [1.165, 1.54) is 0 Å². The van der Waals surface area contributed by atoms with E-state index in [0.717, 1.165) is 12.0 Å². The van der Waals surface area contributed by atoms with E-state index >= 15 is 0 Å². The molecule has 10 atom stereocenters. The lowest BCUT2D eigenvalue weighted by Crippen LogP contribution is -2.60. The number of hydrogen-bond donors (Lipinski definition) is 0. The summed E-state index contributed by atoms with van der Waals surface area (Å²) in [5.74, 6) is 1.13. The highest BCUT2D eigenvalue weighted by Crippen LogP contribution is 2.40. The molecule has 3 saturated heterocycles. The molecule has 29 heavy (non-hydrogen) atoms. The van der Waals surface area contributed by atoms with Crippen LogP contribution < -0.4 is 0 Å². The van der Waals surface area contributed by atoms with Gasteiger partial charge in [-0.2, -0.15) is 0 Å². The second-order valence-corrected chi connectivity index (χ2v) is 8.76. The Labute approximate surface area is 173 Å². The lowest BCUT2D eigenvalue weighted by atomic mass is 9.86. The van der Waals surface area contributed by atoms with Crippen molar-refractivity contribution in [2.45, 2.75) is 77.4 Å². The zero-order valence-corrected chi connectivity index (χ0v) is 18.0. The summed E-state index contributed by atoms with van der Waals surface area (Å²) in [4.78, 5) is 0. The van der Waals surface area contributed by atoms with E-state index in [2.05, 4.69) is 27.7 Å². The molecule has 3 aliphatic rings. The highest BCUT2D eigenvalue weighted by Gasteiger charge is 2.50. The first-order chi connectivity index (χ1) is 14.0. The third-order valence-corrected chi connectivity index (χ3v) is 6.85. The van der Waals surface area contributed by atoms with Crippen molar-refractivity contribution in [3.05, 3.63) is 35.9 Å². The van der Waals surface area contributed by atoms with Crippen LogP contribution in [0.4, 0.5) is 0 Å². The second kappa shape index (κ2) is 9.00. The molecule has 0 radical (unpaired) electrons. The first kappa shape index (κ1) is 21.2. The number of benzene rings is 1. The van der Waals surface area contributed by atoms with Crippen molar-refractivity contribution in [1.29, 1.82) is 0 Å². The minimum absolute atomic E-state index is 0.0716. The number of methoxy groups -OCH3 is 1. The molecule has 3 fully saturated rings. The van der Waals surface area contributed by atoms with E-state index in [-0.39, 0.29) is 36.6 Å². The van der Waals surface area contributed by atoms with E-state index in [0.29, 0.717) is 18.4 Å². The van der Waals surface area contributed by atoms with Gasteiger partial charge in [0.25, 0.3) is 0 Å². The van der Waals surface area contributed by atoms with E-state index < -0.39 is 12.6 Å². The van der Waals surface area contributed by atoms with Gasteiger partial charge in [-0.1, -0.05) is 51.1 Å². The number of hydrogen-bond acceptors (Lipinski definition) is 6. The van der Waals surface area contributed by atoms with Crippen molar-refractivity contribution in [3.8, 4) is 0 Å². The Morgan fingerprint density at radius 1 is 0.931 bits per heavy atom. The summed E-state index contributed by atoms with van der Waals surface area (Å²) in [6.07, 6.45) is -0.674. The summed E-state index contributed by atoms with van der Waals surface area (Å²) in [6.45, 7) is 9.22. The molecule has 0 N–H and O–H groups in total. The van der Waals surface area contributed by atoms with Gasteiger partial charge in [0.1, 0.15) is 12.2 Å². The Bertz CT molecular complexity index is 642. The molecule has 1 aromatic carbocycles. The molecule has 6 heteroatoms. The molecule has 1 aromatic rings. The van der Waals surface area contributed by atoms with Gasteiger partial charge in [-0.3, -0.25) is 0 Å². The molecule has 0 aromatic heterocycles. The van der Waals surface area contributed by atoms with Gasteiger partial charge in [0.2, 0.25) is 0 Å². The number of ether oxygens (including phenoxy) is 6. The van der Waals surface area contributed by atoms with Gasteiger partial charge in [-0.25, -0.2) is 0 Å². The maximum Gasteiger partial charge on any atom is 0.184 e. The van der Waals surface area contributed by atoms with Crippen LogP contribution in [0.3, 0.4) is 0 Å². The molecule has 4 rings (SSSR count). The summed E-state index contributed by atoms with van der Waals surface area (Å²) >= 11 is 0. The van der Waals surface area contributed by atoms with Crippen LogP contribution in [0.2, 0.25) is 0 Å². The van der Waals surface area contributed by atoms with E-state index in [9.17, 15) is 0 Å². The van der Waals surface area contributed by atoms with Crippen LogP contribution in [-0.4, -0.2) is 50.7 Å². The Hall–Kier alpha value is -1.02. The normalized spacial score (nSPS) is 45.6. The van der Waals surface area contributed by atoms with Crippen LogP contribution in [0.25, 0.3) is 0 Å². The van der Waals surface area contributed by atoms with Gasteiger partial charge in [-0.15, -0.1) is 0 Å². The highest BCUT2D eigenvalue weighted by atomic mass is 16.8. The minimum atomic E-state index is -0.472. The van der Waals surface area contributed by atoms with Gasteiger partial charge >= 0.3 is 0 Å². The molecule has 0 spiro atoms. The third kappa shape index (κ3) is 4.38. The maximum atomic E-state index is 6.43. The standard InChI is InChI=1S/C23H34O6/c1-13-11-19(26-16(4)14(13)2)28-21-15(3)20-18(27-23(21)24-5)12-25-22(29-20)17-9-7-6-8-10-17/h6-10,13-16,18-23H,11-12H2,1-5H3/t13?,14-,15?,16?,18?,19-,20+,21+,22?,23+/m1/s1. The topological polar surface area (TPSA) is 55.4 Å². The molecule has 0 saturated carbocycles. The van der Waals surface area contributed by atoms with Crippen molar-refractivity contribution in [1.82, 2.24) is 0 Å². The van der Waals surface area contributed by atoms with Gasteiger partial charge in [0.05, 0.1) is 18.8 Å². The van der Waals surface area contributed by atoms with Crippen LogP contribution in [0.1, 0.15) is 46.0 Å². The Morgan fingerprint density at radius 3 is 2.38 bits per heavy atom. The maximum absolute atomic E-state index is 6.43. The Morgan fingerprint density at radius 2 is 1.69 bits per heavy atom. The SMILES string of the molecule is CO[C@H]1OC2COC(c3ccccc3)O[C@H]2C(C)[C@@H]1O[C@@H]1CC(C)[C@@H](C)C(C)O1. The van der Waals surface area contributed by atoms with Crippen molar-refractivity contribution in [2.75, 3.05) is 13.7 Å². The molecule has 162 valence electrons. The van der Waals surface area contributed by atoms with Gasteiger partial charge < -0.3 is 28.4 Å².